The van der Waals surface area contributed by atoms with Gasteiger partial charge >= 0.3 is 5.97 Å². The predicted molar refractivity (Wildman–Crippen MR) is 131 cm³/mol. The first kappa shape index (κ1) is 25.3. The van der Waals surface area contributed by atoms with Gasteiger partial charge in [0.2, 0.25) is 0 Å². The highest BCUT2D eigenvalue weighted by molar-refractivity contribution is 6.03. The van der Waals surface area contributed by atoms with E-state index in [4.69, 9.17) is 9.47 Å². The fourth-order valence-corrected chi connectivity index (χ4v) is 7.58. The van der Waals surface area contributed by atoms with Crippen molar-refractivity contribution in [1.29, 1.82) is 0 Å². The van der Waals surface area contributed by atoms with E-state index in [9.17, 15) is 14.4 Å². The van der Waals surface area contributed by atoms with Crippen molar-refractivity contribution in [3.05, 3.63) is 23.8 Å². The molecule has 1 heterocycles. The molecule has 4 rings (SSSR count). The molecule has 0 radical (unpaired) electrons. The molecule has 1 saturated heterocycles. The van der Waals surface area contributed by atoms with Crippen molar-refractivity contribution in [1.82, 2.24) is 0 Å². The van der Waals surface area contributed by atoms with Crippen LogP contribution in [0.2, 0.25) is 0 Å². The molecule has 0 amide bonds. The number of carbonyl (C=O) groups is 3. The molecule has 3 fully saturated rings. The second-order valence-electron chi connectivity index (χ2n) is 12.2. The Balaban J connectivity index is 1.59. The summed E-state index contributed by atoms with van der Waals surface area (Å²) in [5.41, 5.74) is -0.499. The number of epoxide rings is 1. The van der Waals surface area contributed by atoms with Gasteiger partial charge in [0.25, 0.3) is 0 Å². The molecule has 0 bridgehead atoms. The Bertz CT molecular complexity index is 902. The minimum absolute atomic E-state index is 0.0707. The van der Waals surface area contributed by atoms with E-state index >= 15 is 0 Å². The van der Waals surface area contributed by atoms with E-state index in [0.29, 0.717) is 43.4 Å². The molecule has 8 atom stereocenters. The Morgan fingerprint density at radius 3 is 2.62 bits per heavy atom. The third-order valence-corrected chi connectivity index (χ3v) is 9.59. The quantitative estimate of drug-likeness (QED) is 0.199. The SMILES string of the molecule is CC(=O)OC1CCC2(C)C(=O)C(C3CCC(C(C)C=CCC(C)C)C3(C)CC=O)=CC3OC32C1. The van der Waals surface area contributed by atoms with E-state index in [-0.39, 0.29) is 35.3 Å². The molecule has 1 spiro atoms. The van der Waals surface area contributed by atoms with Gasteiger partial charge in [-0.2, -0.15) is 0 Å². The van der Waals surface area contributed by atoms with Crippen LogP contribution < -0.4 is 0 Å². The van der Waals surface area contributed by atoms with Crippen molar-refractivity contribution in [2.45, 2.75) is 104 Å². The van der Waals surface area contributed by atoms with Crippen molar-refractivity contribution in [3.8, 4) is 0 Å². The highest BCUT2D eigenvalue weighted by atomic mass is 16.6. The number of carbonyl (C=O) groups excluding carboxylic acids is 3. The minimum atomic E-state index is -0.596. The fraction of sp³-hybridized carbons (Fsp3) is 0.759. The van der Waals surface area contributed by atoms with E-state index < -0.39 is 11.0 Å². The molecule has 8 unspecified atom stereocenters. The molecule has 0 aromatic heterocycles. The normalized spacial score (nSPS) is 42.2. The van der Waals surface area contributed by atoms with Gasteiger partial charge in [0.1, 0.15) is 24.1 Å². The highest BCUT2D eigenvalue weighted by Gasteiger charge is 2.74. The Hall–Kier alpha value is -1.75. The van der Waals surface area contributed by atoms with E-state index in [0.717, 1.165) is 31.1 Å². The van der Waals surface area contributed by atoms with Gasteiger partial charge in [-0.1, -0.05) is 39.8 Å². The number of ether oxygens (including phenoxy) is 2. The van der Waals surface area contributed by atoms with Gasteiger partial charge < -0.3 is 14.3 Å². The van der Waals surface area contributed by atoms with Crippen LogP contribution in [-0.2, 0) is 23.9 Å². The van der Waals surface area contributed by atoms with Gasteiger partial charge in [-0.3, -0.25) is 9.59 Å². The van der Waals surface area contributed by atoms with Crippen LogP contribution in [0.3, 0.4) is 0 Å². The first-order valence-electron chi connectivity index (χ1n) is 13.2. The maximum absolute atomic E-state index is 14.1. The summed E-state index contributed by atoms with van der Waals surface area (Å²) >= 11 is 0. The Morgan fingerprint density at radius 1 is 1.24 bits per heavy atom. The molecule has 0 N–H and O–H groups in total. The lowest BCUT2D eigenvalue weighted by molar-refractivity contribution is -0.153. The number of aldehydes is 1. The van der Waals surface area contributed by atoms with Gasteiger partial charge in [-0.15, -0.1) is 0 Å². The van der Waals surface area contributed by atoms with Crippen LogP contribution in [0.1, 0.15) is 86.5 Å². The molecule has 3 aliphatic carbocycles. The number of Topliss-reactive ketones (excluding diaryl/α,β-unsaturated/α-hetero) is 1. The molecule has 0 aromatic carbocycles. The topological polar surface area (TPSA) is 73.0 Å². The van der Waals surface area contributed by atoms with Gasteiger partial charge in [0, 0.05) is 19.8 Å². The Kier molecular flexibility index (Phi) is 6.74. The first-order chi connectivity index (χ1) is 16.0. The van der Waals surface area contributed by atoms with Gasteiger partial charge in [-0.05, 0) is 79.8 Å². The van der Waals surface area contributed by atoms with Crippen LogP contribution in [0.25, 0.3) is 0 Å². The van der Waals surface area contributed by atoms with Crippen molar-refractivity contribution < 1.29 is 23.9 Å². The standard InChI is InChI=1S/C29H42O5/c1-18(2)8-7-9-19(3)23-10-11-24(27(23,5)14-15-30)22-16-25-29(34-25)17-21(33-20(4)31)12-13-28(29,6)26(22)32/h7,9,15-16,18-19,21,23-25H,8,10-14,17H2,1-6H3. The van der Waals surface area contributed by atoms with E-state index in [1.807, 2.05) is 6.92 Å². The molecule has 188 valence electrons. The molecule has 5 heteroatoms. The van der Waals surface area contributed by atoms with Crippen molar-refractivity contribution in [3.63, 3.8) is 0 Å². The molecule has 34 heavy (non-hydrogen) atoms. The van der Waals surface area contributed by atoms with E-state index in [1.54, 1.807) is 0 Å². The average molecular weight is 471 g/mol. The van der Waals surface area contributed by atoms with Gasteiger partial charge in [0.15, 0.2) is 5.78 Å². The largest absolute Gasteiger partial charge is 0.462 e. The number of rotatable bonds is 8. The third-order valence-electron chi connectivity index (χ3n) is 9.59. The summed E-state index contributed by atoms with van der Waals surface area (Å²) < 4.78 is 11.7. The number of ketones is 1. The molecule has 5 nitrogen and oxygen atoms in total. The molecule has 0 aromatic rings. The van der Waals surface area contributed by atoms with Crippen LogP contribution in [0.5, 0.6) is 0 Å². The van der Waals surface area contributed by atoms with E-state index in [2.05, 4.69) is 45.9 Å². The first-order valence-corrected chi connectivity index (χ1v) is 13.2. The average Bonchev–Trinajstić information content (AvgIpc) is 3.34. The van der Waals surface area contributed by atoms with Crippen LogP contribution in [0.4, 0.5) is 0 Å². The lowest BCUT2D eigenvalue weighted by Gasteiger charge is -2.46. The van der Waals surface area contributed by atoms with Crippen molar-refractivity contribution in [2.24, 2.45) is 34.5 Å². The van der Waals surface area contributed by atoms with Crippen molar-refractivity contribution >= 4 is 18.0 Å². The minimum Gasteiger partial charge on any atom is -0.462 e. The zero-order chi connectivity index (χ0) is 24.9. The molecular formula is C29H42O5. The van der Waals surface area contributed by atoms with Gasteiger partial charge in [0.05, 0.1) is 5.41 Å². The molecule has 1 aliphatic heterocycles. The second-order valence-corrected chi connectivity index (χ2v) is 12.2. The van der Waals surface area contributed by atoms with Crippen LogP contribution in [0.15, 0.2) is 23.8 Å². The number of allylic oxidation sites excluding steroid dienone is 3. The smallest absolute Gasteiger partial charge is 0.302 e. The zero-order valence-electron chi connectivity index (χ0n) is 21.8. The highest BCUT2D eigenvalue weighted by Crippen LogP contribution is 2.66. The summed E-state index contributed by atoms with van der Waals surface area (Å²) in [4.78, 5) is 37.4. The maximum atomic E-state index is 14.1. The van der Waals surface area contributed by atoms with E-state index in [1.165, 1.54) is 6.92 Å². The van der Waals surface area contributed by atoms with Gasteiger partial charge in [-0.25, -0.2) is 0 Å². The predicted octanol–water partition coefficient (Wildman–Crippen LogP) is 5.61. The summed E-state index contributed by atoms with van der Waals surface area (Å²) in [5, 5.41) is 0. The summed E-state index contributed by atoms with van der Waals surface area (Å²) in [5.74, 6) is 1.33. The number of esters is 1. The lowest BCUT2D eigenvalue weighted by Crippen LogP contribution is -2.54. The number of hydrogen-bond acceptors (Lipinski definition) is 5. The Morgan fingerprint density at radius 2 is 1.97 bits per heavy atom. The molecular weight excluding hydrogens is 428 g/mol. The molecule has 2 saturated carbocycles. The fourth-order valence-electron chi connectivity index (χ4n) is 7.58. The van der Waals surface area contributed by atoms with Crippen LogP contribution in [-0.4, -0.2) is 35.8 Å². The summed E-state index contributed by atoms with van der Waals surface area (Å²) in [6.07, 6.45) is 12.8. The monoisotopic (exact) mass is 470 g/mol. The second kappa shape index (κ2) is 9.04. The maximum Gasteiger partial charge on any atom is 0.302 e. The lowest BCUT2D eigenvalue weighted by atomic mass is 9.55. The summed E-state index contributed by atoms with van der Waals surface area (Å²) in [6.45, 7) is 12.4. The third kappa shape index (κ3) is 4.02. The van der Waals surface area contributed by atoms with Crippen molar-refractivity contribution in [2.75, 3.05) is 0 Å². The summed E-state index contributed by atoms with van der Waals surface area (Å²) in [6, 6.07) is 0. The zero-order valence-corrected chi connectivity index (χ0v) is 21.8. The Labute approximate surface area is 204 Å². The van der Waals surface area contributed by atoms with Crippen LogP contribution in [0, 0.1) is 34.5 Å². The number of hydrogen-bond donors (Lipinski definition) is 0. The molecule has 4 aliphatic rings. The van der Waals surface area contributed by atoms with Crippen LogP contribution >= 0.6 is 0 Å². The summed E-state index contributed by atoms with van der Waals surface area (Å²) in [7, 11) is 0.